The molecule has 1 heterocycles. The molecular formula is C11H5ClFN3OS. The molecule has 0 saturated carbocycles. The largest absolute Gasteiger partial charge is 0.293 e. The lowest BCUT2D eigenvalue weighted by molar-refractivity contribution is 0.601. The number of thiocarbonyl (C=S) groups is 1. The zero-order valence-corrected chi connectivity index (χ0v) is 10.4. The summed E-state index contributed by atoms with van der Waals surface area (Å²) in [6.07, 6.45) is 0.882. The maximum Gasteiger partial charge on any atom is 0.293 e. The van der Waals surface area contributed by atoms with Gasteiger partial charge in [0.25, 0.3) is 5.56 Å². The average Bonchev–Trinajstić information content (AvgIpc) is 2.38. The summed E-state index contributed by atoms with van der Waals surface area (Å²) in [7, 11) is 0. The Balaban J connectivity index is 2.53. The monoisotopic (exact) mass is 281 g/mol. The Morgan fingerprint density at radius 3 is 2.67 bits per heavy atom. The zero-order chi connectivity index (χ0) is 13.1. The second kappa shape index (κ2) is 5.18. The highest BCUT2D eigenvalue weighted by Gasteiger charge is 2.09. The Kier molecular flexibility index (Phi) is 3.62. The maximum absolute atomic E-state index is 13.0. The third-order valence-electron chi connectivity index (χ3n) is 2.15. The lowest BCUT2D eigenvalue weighted by Crippen LogP contribution is -2.22. The molecule has 0 N–H and O–H groups in total. The number of hydrogen-bond acceptors (Lipinski definition) is 4. The van der Waals surface area contributed by atoms with Crippen molar-refractivity contribution in [3.05, 3.63) is 51.7 Å². The molecule has 0 aliphatic heterocycles. The minimum atomic E-state index is -0.847. The van der Waals surface area contributed by atoms with E-state index >= 15 is 0 Å². The van der Waals surface area contributed by atoms with Crippen LogP contribution in [-0.2, 0) is 0 Å². The van der Waals surface area contributed by atoms with Crippen LogP contribution in [0.4, 0.5) is 10.1 Å². The first-order chi connectivity index (χ1) is 8.63. The Hall–Kier alpha value is -1.88. The number of halogens is 2. The van der Waals surface area contributed by atoms with Gasteiger partial charge in [-0.15, -0.1) is 0 Å². The molecule has 2 aromatic rings. The van der Waals surface area contributed by atoms with Crippen molar-refractivity contribution in [3.8, 4) is 5.69 Å². The Morgan fingerprint density at radius 2 is 2.06 bits per heavy atom. The van der Waals surface area contributed by atoms with Crippen molar-refractivity contribution in [3.63, 3.8) is 0 Å². The molecular weight excluding hydrogens is 277 g/mol. The minimum Gasteiger partial charge on any atom is -0.266 e. The van der Waals surface area contributed by atoms with Crippen molar-refractivity contribution in [2.75, 3.05) is 0 Å². The van der Waals surface area contributed by atoms with Crippen LogP contribution < -0.4 is 5.56 Å². The van der Waals surface area contributed by atoms with E-state index in [0.717, 1.165) is 10.9 Å². The molecule has 2 rings (SSSR count). The number of hydrogen-bond donors (Lipinski definition) is 0. The van der Waals surface area contributed by atoms with E-state index in [0.29, 0.717) is 11.4 Å². The fourth-order valence-corrected chi connectivity index (χ4v) is 1.55. The molecule has 90 valence electrons. The fourth-order valence-electron chi connectivity index (χ4n) is 1.32. The second-order valence-electron chi connectivity index (χ2n) is 3.24. The van der Waals surface area contributed by atoms with Crippen LogP contribution in [-0.4, -0.2) is 14.9 Å². The molecule has 1 aromatic carbocycles. The van der Waals surface area contributed by atoms with Gasteiger partial charge in [-0.2, -0.15) is 14.8 Å². The normalized spacial score (nSPS) is 9.89. The molecule has 0 unspecified atom stereocenters. The smallest absolute Gasteiger partial charge is 0.266 e. The second-order valence-corrected chi connectivity index (χ2v) is 3.80. The molecule has 18 heavy (non-hydrogen) atoms. The lowest BCUT2D eigenvalue weighted by atomic mass is 10.3. The van der Waals surface area contributed by atoms with Gasteiger partial charge in [0, 0.05) is 0 Å². The third-order valence-corrected chi connectivity index (χ3v) is 2.58. The molecule has 0 bridgehead atoms. The van der Waals surface area contributed by atoms with Gasteiger partial charge in [-0.3, -0.25) is 4.79 Å². The highest BCUT2D eigenvalue weighted by Crippen LogP contribution is 2.14. The van der Waals surface area contributed by atoms with Crippen LogP contribution in [0, 0.1) is 5.82 Å². The van der Waals surface area contributed by atoms with E-state index in [-0.39, 0.29) is 0 Å². The van der Waals surface area contributed by atoms with E-state index in [1.54, 1.807) is 24.3 Å². The first-order valence-electron chi connectivity index (χ1n) is 4.75. The van der Waals surface area contributed by atoms with Gasteiger partial charge in [0.2, 0.25) is 0 Å². The SMILES string of the molecule is O=c1c(Cl)c(F)cnn1-c1ccc(N=C=S)cc1. The molecule has 1 aromatic heterocycles. The summed E-state index contributed by atoms with van der Waals surface area (Å²) in [6, 6.07) is 6.43. The van der Waals surface area contributed by atoms with Gasteiger partial charge in [-0.25, -0.2) is 4.39 Å². The molecule has 0 spiro atoms. The van der Waals surface area contributed by atoms with E-state index in [2.05, 4.69) is 27.5 Å². The first-order valence-corrected chi connectivity index (χ1v) is 5.54. The number of isothiocyanates is 1. The fraction of sp³-hybridized carbons (Fsp3) is 0. The van der Waals surface area contributed by atoms with Crippen LogP contribution in [0.15, 0.2) is 40.2 Å². The van der Waals surface area contributed by atoms with Crippen LogP contribution >= 0.6 is 23.8 Å². The summed E-state index contributed by atoms with van der Waals surface area (Å²) in [5.41, 5.74) is 0.322. The van der Waals surface area contributed by atoms with Crippen molar-refractivity contribution in [1.82, 2.24) is 9.78 Å². The third kappa shape index (κ3) is 2.36. The minimum absolute atomic E-state index is 0.449. The number of benzene rings is 1. The van der Waals surface area contributed by atoms with Gasteiger partial charge >= 0.3 is 0 Å². The molecule has 0 saturated heterocycles. The van der Waals surface area contributed by atoms with Crippen molar-refractivity contribution >= 4 is 34.7 Å². The van der Waals surface area contributed by atoms with Gasteiger partial charge in [0.05, 0.1) is 22.7 Å². The highest BCUT2D eigenvalue weighted by molar-refractivity contribution is 7.78. The van der Waals surface area contributed by atoms with Crippen LogP contribution in [0.5, 0.6) is 0 Å². The van der Waals surface area contributed by atoms with Crippen molar-refractivity contribution in [2.45, 2.75) is 0 Å². The molecule has 0 fully saturated rings. The molecule has 4 nitrogen and oxygen atoms in total. The summed E-state index contributed by atoms with van der Waals surface area (Å²) in [5.74, 6) is -0.847. The highest BCUT2D eigenvalue weighted by atomic mass is 35.5. The Labute approximate surface area is 111 Å². The zero-order valence-electron chi connectivity index (χ0n) is 8.80. The molecule has 0 atom stereocenters. The molecule has 0 radical (unpaired) electrons. The van der Waals surface area contributed by atoms with Gasteiger partial charge in [-0.1, -0.05) is 11.6 Å². The van der Waals surface area contributed by atoms with Crippen LogP contribution in [0.1, 0.15) is 0 Å². The van der Waals surface area contributed by atoms with E-state index in [4.69, 9.17) is 11.6 Å². The quantitative estimate of drug-likeness (QED) is 0.628. The van der Waals surface area contributed by atoms with Crippen LogP contribution in [0.2, 0.25) is 5.02 Å². The summed E-state index contributed by atoms with van der Waals surface area (Å²) in [6.45, 7) is 0. The topological polar surface area (TPSA) is 47.2 Å². The van der Waals surface area contributed by atoms with Crippen molar-refractivity contribution in [1.29, 1.82) is 0 Å². The Morgan fingerprint density at radius 1 is 1.39 bits per heavy atom. The average molecular weight is 282 g/mol. The lowest BCUT2D eigenvalue weighted by Gasteiger charge is -2.04. The standard InChI is InChI=1S/C11H5ClFN3OS/c12-10-9(13)5-15-16(11(10)17)8-3-1-7(2-4-8)14-6-18/h1-5H. The van der Waals surface area contributed by atoms with Crippen LogP contribution in [0.25, 0.3) is 5.69 Å². The van der Waals surface area contributed by atoms with Crippen LogP contribution in [0.3, 0.4) is 0 Å². The van der Waals surface area contributed by atoms with Gasteiger partial charge in [0.15, 0.2) is 5.82 Å². The predicted octanol–water partition coefficient (Wildman–Crippen LogP) is 2.76. The number of rotatable bonds is 2. The van der Waals surface area contributed by atoms with Crippen molar-refractivity contribution < 1.29 is 4.39 Å². The Bertz CT molecular complexity index is 692. The number of aromatic nitrogens is 2. The van der Waals surface area contributed by atoms with Gasteiger partial charge < -0.3 is 0 Å². The summed E-state index contributed by atoms with van der Waals surface area (Å²) >= 11 is 9.99. The van der Waals surface area contributed by atoms with E-state index in [1.807, 2.05) is 0 Å². The molecule has 0 amide bonds. The van der Waals surface area contributed by atoms with Crippen molar-refractivity contribution in [2.24, 2.45) is 4.99 Å². The molecule has 0 aliphatic carbocycles. The summed E-state index contributed by atoms with van der Waals surface area (Å²) in [5, 5.41) is 5.39. The maximum atomic E-state index is 13.0. The summed E-state index contributed by atoms with van der Waals surface area (Å²) < 4.78 is 14.0. The van der Waals surface area contributed by atoms with E-state index < -0.39 is 16.4 Å². The summed E-state index contributed by atoms with van der Waals surface area (Å²) in [4.78, 5) is 15.4. The predicted molar refractivity (Wildman–Crippen MR) is 69.5 cm³/mol. The number of aliphatic imine (C=N–C) groups is 1. The molecule has 7 heteroatoms. The van der Waals surface area contributed by atoms with E-state index in [9.17, 15) is 9.18 Å². The van der Waals surface area contributed by atoms with E-state index in [1.165, 1.54) is 0 Å². The molecule has 0 aliphatic rings. The number of nitrogens with zero attached hydrogens (tertiary/aromatic N) is 3. The first kappa shape index (κ1) is 12.6. The van der Waals surface area contributed by atoms with Gasteiger partial charge in [0.1, 0.15) is 5.02 Å². The van der Waals surface area contributed by atoms with Gasteiger partial charge in [-0.05, 0) is 36.5 Å².